The molecule has 2 atom stereocenters. The molecule has 160 valence electrons. The second-order valence-corrected chi connectivity index (χ2v) is 8.58. The lowest BCUT2D eigenvalue weighted by atomic mass is 9.96. The highest BCUT2D eigenvalue weighted by Gasteiger charge is 2.42. The van der Waals surface area contributed by atoms with Crippen LogP contribution in [0.15, 0.2) is 30.5 Å². The summed E-state index contributed by atoms with van der Waals surface area (Å²) in [6, 6.07) is 8.50. The van der Waals surface area contributed by atoms with Crippen molar-refractivity contribution in [3.05, 3.63) is 53.1 Å². The predicted octanol–water partition coefficient (Wildman–Crippen LogP) is 4.15. The largest absolute Gasteiger partial charge is 0.465 e. The van der Waals surface area contributed by atoms with Gasteiger partial charge in [0.1, 0.15) is 6.54 Å². The molecule has 0 bridgehead atoms. The van der Waals surface area contributed by atoms with Crippen LogP contribution in [0.1, 0.15) is 73.4 Å². The second kappa shape index (κ2) is 8.76. The standard InChI is InChI=1S/C23H30N4O2S/c1-4-29-20(28)14-26-22(21(25-23(26)30)19-11-7-8-12-24-19)18-13-15(2)27(16(18)3)17-9-5-6-10-17/h7-8,11-13,17,21-22H,4-6,9-10,14H2,1-3H3,(H,25,30)/t21-,22+/m0/s1. The van der Waals surface area contributed by atoms with Gasteiger partial charge in [-0.3, -0.25) is 9.78 Å². The number of hydrogen-bond donors (Lipinski definition) is 1. The van der Waals surface area contributed by atoms with Gasteiger partial charge in [0.2, 0.25) is 0 Å². The zero-order valence-corrected chi connectivity index (χ0v) is 18.7. The summed E-state index contributed by atoms with van der Waals surface area (Å²) in [5, 5.41) is 3.98. The van der Waals surface area contributed by atoms with Crippen LogP contribution < -0.4 is 5.32 Å². The van der Waals surface area contributed by atoms with Crippen molar-refractivity contribution in [2.24, 2.45) is 0 Å². The number of nitrogens with one attached hydrogen (secondary N) is 1. The van der Waals surface area contributed by atoms with Crippen LogP contribution in [0.3, 0.4) is 0 Å². The number of hydrogen-bond acceptors (Lipinski definition) is 4. The Kier molecular flexibility index (Phi) is 6.09. The first-order valence-electron chi connectivity index (χ1n) is 10.8. The first-order valence-corrected chi connectivity index (χ1v) is 11.2. The maximum Gasteiger partial charge on any atom is 0.325 e. The summed E-state index contributed by atoms with van der Waals surface area (Å²) in [4.78, 5) is 18.9. The number of rotatable bonds is 6. The molecule has 1 N–H and O–H groups in total. The minimum Gasteiger partial charge on any atom is -0.465 e. The van der Waals surface area contributed by atoms with E-state index in [0.717, 1.165) is 5.69 Å². The van der Waals surface area contributed by atoms with Crippen LogP contribution in [0.5, 0.6) is 0 Å². The first-order chi connectivity index (χ1) is 14.5. The highest BCUT2D eigenvalue weighted by atomic mass is 32.1. The molecule has 0 unspecified atom stereocenters. The minimum atomic E-state index is -0.266. The van der Waals surface area contributed by atoms with Gasteiger partial charge in [-0.05, 0) is 69.6 Å². The zero-order valence-electron chi connectivity index (χ0n) is 17.9. The van der Waals surface area contributed by atoms with Crippen LogP contribution >= 0.6 is 12.2 Å². The molecule has 1 saturated heterocycles. The number of ether oxygens (including phenoxy) is 1. The van der Waals surface area contributed by atoms with Crippen molar-refractivity contribution in [2.75, 3.05) is 13.2 Å². The monoisotopic (exact) mass is 426 g/mol. The molecule has 2 aromatic rings. The van der Waals surface area contributed by atoms with Crippen LogP contribution in [0.4, 0.5) is 0 Å². The molecular weight excluding hydrogens is 396 g/mol. The molecule has 0 radical (unpaired) electrons. The van der Waals surface area contributed by atoms with Crippen LogP contribution in [0, 0.1) is 13.8 Å². The summed E-state index contributed by atoms with van der Waals surface area (Å²) < 4.78 is 7.72. The lowest BCUT2D eigenvalue weighted by molar-refractivity contribution is -0.143. The molecule has 0 amide bonds. The summed E-state index contributed by atoms with van der Waals surface area (Å²) in [6.07, 6.45) is 6.84. The van der Waals surface area contributed by atoms with E-state index in [0.29, 0.717) is 17.8 Å². The fourth-order valence-corrected chi connectivity index (χ4v) is 5.39. The maximum atomic E-state index is 12.4. The van der Waals surface area contributed by atoms with Gasteiger partial charge in [-0.1, -0.05) is 18.9 Å². The molecule has 6 nitrogen and oxygen atoms in total. The Morgan fingerprint density at radius 1 is 1.30 bits per heavy atom. The lowest BCUT2D eigenvalue weighted by Crippen LogP contribution is -2.35. The molecular formula is C23H30N4O2S. The lowest BCUT2D eigenvalue weighted by Gasteiger charge is -2.27. The van der Waals surface area contributed by atoms with E-state index in [1.807, 2.05) is 30.0 Å². The number of thiocarbonyl (C=S) groups is 1. The van der Waals surface area contributed by atoms with Gasteiger partial charge < -0.3 is 19.5 Å². The summed E-state index contributed by atoms with van der Waals surface area (Å²) >= 11 is 5.66. The molecule has 2 aliphatic rings. The van der Waals surface area contributed by atoms with Crippen LogP contribution in [-0.2, 0) is 9.53 Å². The Balaban J connectivity index is 1.76. The molecule has 7 heteroatoms. The van der Waals surface area contributed by atoms with E-state index in [4.69, 9.17) is 17.0 Å². The molecule has 2 aromatic heterocycles. The number of nitrogens with zero attached hydrogens (tertiary/aromatic N) is 3. The highest BCUT2D eigenvalue weighted by molar-refractivity contribution is 7.80. The molecule has 4 rings (SSSR count). The van der Waals surface area contributed by atoms with Crippen molar-refractivity contribution in [1.82, 2.24) is 19.8 Å². The average molecular weight is 427 g/mol. The van der Waals surface area contributed by atoms with E-state index in [-0.39, 0.29) is 24.6 Å². The van der Waals surface area contributed by atoms with Crippen LogP contribution in [-0.4, -0.2) is 38.7 Å². The van der Waals surface area contributed by atoms with E-state index in [2.05, 4.69) is 34.8 Å². The van der Waals surface area contributed by atoms with Gasteiger partial charge >= 0.3 is 5.97 Å². The quantitative estimate of drug-likeness (QED) is 0.553. The topological polar surface area (TPSA) is 59.4 Å². The van der Waals surface area contributed by atoms with Gasteiger partial charge in [-0.15, -0.1) is 0 Å². The Morgan fingerprint density at radius 2 is 2.07 bits per heavy atom. The van der Waals surface area contributed by atoms with Gasteiger partial charge in [-0.25, -0.2) is 0 Å². The number of carbonyl (C=O) groups is 1. The van der Waals surface area contributed by atoms with Gasteiger partial charge in [0, 0.05) is 23.6 Å². The summed E-state index contributed by atoms with van der Waals surface area (Å²) in [5.74, 6) is -0.266. The van der Waals surface area contributed by atoms with Crippen molar-refractivity contribution in [2.45, 2.75) is 64.6 Å². The third-order valence-corrected chi connectivity index (χ3v) is 6.69. The Hall–Kier alpha value is -2.41. The summed E-state index contributed by atoms with van der Waals surface area (Å²) in [6.45, 7) is 6.68. The molecule has 1 aliphatic heterocycles. The zero-order chi connectivity index (χ0) is 21.3. The predicted molar refractivity (Wildman–Crippen MR) is 120 cm³/mol. The molecule has 0 aromatic carbocycles. The van der Waals surface area contributed by atoms with Crippen molar-refractivity contribution in [3.63, 3.8) is 0 Å². The summed E-state index contributed by atoms with van der Waals surface area (Å²) in [7, 11) is 0. The maximum absolute atomic E-state index is 12.4. The number of carbonyl (C=O) groups excluding carboxylic acids is 1. The molecule has 30 heavy (non-hydrogen) atoms. The summed E-state index contributed by atoms with van der Waals surface area (Å²) in [5.41, 5.74) is 4.64. The number of aromatic nitrogens is 2. The molecule has 3 heterocycles. The minimum absolute atomic E-state index is 0.113. The fourth-order valence-electron chi connectivity index (χ4n) is 5.09. The van der Waals surface area contributed by atoms with Gasteiger partial charge in [0.05, 0.1) is 24.4 Å². The molecule has 2 fully saturated rings. The van der Waals surface area contributed by atoms with E-state index < -0.39 is 0 Å². The smallest absolute Gasteiger partial charge is 0.325 e. The Labute approximate surface area is 183 Å². The van der Waals surface area contributed by atoms with E-state index >= 15 is 0 Å². The van der Waals surface area contributed by atoms with Crippen LogP contribution in [0.25, 0.3) is 0 Å². The van der Waals surface area contributed by atoms with Gasteiger partial charge in [-0.2, -0.15) is 0 Å². The number of aryl methyl sites for hydroxylation is 1. The third kappa shape index (κ3) is 3.83. The number of pyridine rings is 1. The molecule has 1 aliphatic carbocycles. The SMILES string of the molecule is CCOC(=O)CN1C(=S)N[C@@H](c2ccccn2)[C@H]1c1cc(C)n(C2CCCC2)c1C. The third-order valence-electron chi connectivity index (χ3n) is 6.33. The Bertz CT molecular complexity index is 921. The highest BCUT2D eigenvalue weighted by Crippen LogP contribution is 2.42. The Morgan fingerprint density at radius 3 is 2.73 bits per heavy atom. The van der Waals surface area contributed by atoms with Crippen molar-refractivity contribution < 1.29 is 9.53 Å². The van der Waals surface area contributed by atoms with Crippen molar-refractivity contribution >= 4 is 23.3 Å². The van der Waals surface area contributed by atoms with Crippen molar-refractivity contribution in [1.29, 1.82) is 0 Å². The molecule has 1 saturated carbocycles. The van der Waals surface area contributed by atoms with Gasteiger partial charge in [0.15, 0.2) is 5.11 Å². The molecule has 0 spiro atoms. The first kappa shape index (κ1) is 20.8. The van der Waals surface area contributed by atoms with E-state index in [9.17, 15) is 4.79 Å². The van der Waals surface area contributed by atoms with E-state index in [1.165, 1.54) is 42.6 Å². The second-order valence-electron chi connectivity index (χ2n) is 8.19. The van der Waals surface area contributed by atoms with E-state index in [1.54, 1.807) is 6.20 Å². The fraction of sp³-hybridized carbons (Fsp3) is 0.522. The van der Waals surface area contributed by atoms with Gasteiger partial charge in [0.25, 0.3) is 0 Å². The average Bonchev–Trinajstić information content (AvgIpc) is 3.42. The normalized spacial score (nSPS) is 21.8. The van der Waals surface area contributed by atoms with Crippen molar-refractivity contribution in [3.8, 4) is 0 Å². The van der Waals surface area contributed by atoms with Crippen LogP contribution in [0.2, 0.25) is 0 Å². The number of esters is 1.